The molecule has 1 saturated heterocycles. The lowest BCUT2D eigenvalue weighted by Gasteiger charge is -2.33. The largest absolute Gasteiger partial charge is 0.396 e. The molecule has 35 heavy (non-hydrogen) atoms. The molecule has 0 spiro atoms. The van der Waals surface area contributed by atoms with Gasteiger partial charge >= 0.3 is 6.03 Å². The van der Waals surface area contributed by atoms with Gasteiger partial charge in [0.2, 0.25) is 0 Å². The van der Waals surface area contributed by atoms with E-state index >= 15 is 0 Å². The normalized spacial score (nSPS) is 20.7. The van der Waals surface area contributed by atoms with Crippen LogP contribution in [0.15, 0.2) is 24.3 Å². The summed E-state index contributed by atoms with van der Waals surface area (Å²) in [7, 11) is 0. The third-order valence-electron chi connectivity index (χ3n) is 7.29. The Kier molecular flexibility index (Phi) is 10.4. The number of unbranched alkanes of at least 4 members (excludes halogenated alkanes) is 2. The van der Waals surface area contributed by atoms with E-state index in [0.29, 0.717) is 32.0 Å². The lowest BCUT2D eigenvalue weighted by atomic mass is 9.77. The molecule has 1 aliphatic heterocycles. The average Bonchev–Trinajstić information content (AvgIpc) is 3.09. The van der Waals surface area contributed by atoms with Crippen molar-refractivity contribution >= 4 is 17.9 Å². The smallest absolute Gasteiger partial charge is 0.315 e. The minimum absolute atomic E-state index is 0.0464. The van der Waals surface area contributed by atoms with Crippen molar-refractivity contribution in [2.75, 3.05) is 13.2 Å². The van der Waals surface area contributed by atoms with Crippen LogP contribution < -0.4 is 16.0 Å². The maximum absolute atomic E-state index is 13.6. The predicted molar refractivity (Wildman–Crippen MR) is 138 cm³/mol. The Balaban J connectivity index is 1.56. The summed E-state index contributed by atoms with van der Waals surface area (Å²) >= 11 is 0. The van der Waals surface area contributed by atoms with Gasteiger partial charge in [0.05, 0.1) is 6.54 Å². The van der Waals surface area contributed by atoms with Gasteiger partial charge in [-0.2, -0.15) is 0 Å². The highest BCUT2D eigenvalue weighted by Crippen LogP contribution is 2.36. The lowest BCUT2D eigenvalue weighted by molar-refractivity contribution is -0.132. The van der Waals surface area contributed by atoms with E-state index in [4.69, 9.17) is 10.5 Å². The fourth-order valence-electron chi connectivity index (χ4n) is 5.26. The number of nitrogens with zero attached hydrogens (tertiary/aromatic N) is 1. The van der Waals surface area contributed by atoms with Crippen LogP contribution in [0.25, 0.3) is 0 Å². The standard InChI is InChI=1S/C27H43N5O3/c1-2-3-15-27(18-21-9-5-4-6-10-21)24(34)32(25(28)31-27)20-23-13-11-22(12-14-23)19-30-26(35)29-16-7-8-17-33/h11-14,21,33H,2-10,15-20H2,1H3,(H2,28,31)(H2,29,30,35). The zero-order valence-corrected chi connectivity index (χ0v) is 21.2. The maximum Gasteiger partial charge on any atom is 0.315 e. The van der Waals surface area contributed by atoms with Gasteiger partial charge in [-0.25, -0.2) is 4.79 Å². The van der Waals surface area contributed by atoms with Crippen LogP contribution in [-0.4, -0.2) is 46.6 Å². The molecule has 194 valence electrons. The molecule has 1 heterocycles. The van der Waals surface area contributed by atoms with Crippen molar-refractivity contribution in [3.05, 3.63) is 35.4 Å². The van der Waals surface area contributed by atoms with Crippen LogP contribution in [0.2, 0.25) is 0 Å². The van der Waals surface area contributed by atoms with Crippen LogP contribution in [0.4, 0.5) is 4.79 Å². The topological polar surface area (TPSA) is 118 Å². The molecule has 8 nitrogen and oxygen atoms in total. The number of aliphatic hydroxyl groups excluding tert-OH is 1. The Morgan fingerprint density at radius 1 is 1.11 bits per heavy atom. The summed E-state index contributed by atoms with van der Waals surface area (Å²) in [5.41, 5.74) is 1.30. The molecule has 1 atom stereocenters. The number of aliphatic hydroxyl groups is 1. The van der Waals surface area contributed by atoms with Crippen molar-refractivity contribution in [3.8, 4) is 0 Å². The highest BCUT2D eigenvalue weighted by Gasteiger charge is 2.49. The van der Waals surface area contributed by atoms with Crippen molar-refractivity contribution in [2.24, 2.45) is 5.92 Å². The molecule has 0 aromatic heterocycles. The van der Waals surface area contributed by atoms with Gasteiger partial charge in [-0.15, -0.1) is 0 Å². The molecule has 3 rings (SSSR count). The fraction of sp³-hybridized carbons (Fsp3) is 0.667. The van der Waals surface area contributed by atoms with E-state index in [0.717, 1.165) is 43.2 Å². The quantitative estimate of drug-likeness (QED) is 0.271. The number of hydrogen-bond acceptors (Lipinski definition) is 4. The van der Waals surface area contributed by atoms with E-state index in [1.807, 2.05) is 24.3 Å². The van der Waals surface area contributed by atoms with Crippen LogP contribution >= 0.6 is 0 Å². The van der Waals surface area contributed by atoms with Crippen LogP contribution in [0.5, 0.6) is 0 Å². The number of urea groups is 1. The minimum Gasteiger partial charge on any atom is -0.396 e. The van der Waals surface area contributed by atoms with E-state index in [1.165, 1.54) is 32.1 Å². The Bertz CT molecular complexity index is 838. The molecule has 0 radical (unpaired) electrons. The summed E-state index contributed by atoms with van der Waals surface area (Å²) in [5.74, 6) is 0.819. The van der Waals surface area contributed by atoms with Crippen LogP contribution in [0.1, 0.15) is 88.7 Å². The van der Waals surface area contributed by atoms with Crippen molar-refractivity contribution in [2.45, 2.75) is 96.2 Å². The number of hydrogen-bond donors (Lipinski definition) is 5. The van der Waals surface area contributed by atoms with E-state index in [2.05, 4.69) is 22.9 Å². The first kappa shape index (κ1) is 27.0. The molecule has 1 saturated carbocycles. The number of benzene rings is 1. The van der Waals surface area contributed by atoms with E-state index in [-0.39, 0.29) is 24.5 Å². The second-order valence-electron chi connectivity index (χ2n) is 10.1. The number of guanidine groups is 1. The van der Waals surface area contributed by atoms with Gasteiger partial charge < -0.3 is 21.1 Å². The van der Waals surface area contributed by atoms with E-state index in [9.17, 15) is 9.59 Å². The number of carbonyl (C=O) groups is 2. The van der Waals surface area contributed by atoms with Crippen molar-refractivity contribution in [1.29, 1.82) is 5.41 Å². The second-order valence-corrected chi connectivity index (χ2v) is 10.1. The molecule has 5 N–H and O–H groups in total. The molecule has 0 bridgehead atoms. The van der Waals surface area contributed by atoms with Gasteiger partial charge in [-0.05, 0) is 42.7 Å². The number of nitrogens with one attached hydrogen (secondary N) is 4. The molecule has 1 aromatic rings. The molecule has 3 amide bonds. The van der Waals surface area contributed by atoms with Crippen molar-refractivity contribution < 1.29 is 14.7 Å². The van der Waals surface area contributed by atoms with Gasteiger partial charge in [-0.3, -0.25) is 15.1 Å². The molecule has 1 aliphatic carbocycles. The number of rotatable bonds is 13. The molecule has 2 fully saturated rings. The van der Waals surface area contributed by atoms with Crippen molar-refractivity contribution in [1.82, 2.24) is 20.9 Å². The monoisotopic (exact) mass is 485 g/mol. The SMILES string of the molecule is CCCCC1(CC2CCCCC2)NC(=N)N(Cc2ccc(CNC(=O)NCCCCO)cc2)C1=O. The van der Waals surface area contributed by atoms with Crippen LogP contribution in [0, 0.1) is 11.3 Å². The van der Waals surface area contributed by atoms with Gasteiger partial charge in [0, 0.05) is 19.7 Å². The van der Waals surface area contributed by atoms with Crippen molar-refractivity contribution in [3.63, 3.8) is 0 Å². The average molecular weight is 486 g/mol. The summed E-state index contributed by atoms with van der Waals surface area (Å²) < 4.78 is 0. The summed E-state index contributed by atoms with van der Waals surface area (Å²) in [5, 5.41) is 26.3. The molecular weight excluding hydrogens is 442 g/mol. The Morgan fingerprint density at radius 2 is 1.83 bits per heavy atom. The zero-order valence-electron chi connectivity index (χ0n) is 21.2. The lowest BCUT2D eigenvalue weighted by Crippen LogP contribution is -2.48. The van der Waals surface area contributed by atoms with E-state index < -0.39 is 5.54 Å². The van der Waals surface area contributed by atoms with Crippen LogP contribution in [-0.2, 0) is 17.9 Å². The predicted octanol–water partition coefficient (Wildman–Crippen LogP) is 4.02. The molecular formula is C27H43N5O3. The summed E-state index contributed by atoms with van der Waals surface area (Å²) in [6.45, 7) is 3.61. The molecule has 8 heteroatoms. The molecule has 1 aromatic carbocycles. The fourth-order valence-corrected chi connectivity index (χ4v) is 5.26. The summed E-state index contributed by atoms with van der Waals surface area (Å²) in [6, 6.07) is 7.60. The molecule has 2 aliphatic rings. The van der Waals surface area contributed by atoms with Gasteiger partial charge in [0.1, 0.15) is 5.54 Å². The summed E-state index contributed by atoms with van der Waals surface area (Å²) in [6.07, 6.45) is 11.2. The third-order valence-corrected chi connectivity index (χ3v) is 7.29. The van der Waals surface area contributed by atoms with Gasteiger partial charge in [-0.1, -0.05) is 76.1 Å². The zero-order chi connectivity index (χ0) is 25.1. The summed E-state index contributed by atoms with van der Waals surface area (Å²) in [4.78, 5) is 27.1. The first-order valence-electron chi connectivity index (χ1n) is 13.4. The van der Waals surface area contributed by atoms with Gasteiger partial charge in [0.15, 0.2) is 5.96 Å². The first-order chi connectivity index (χ1) is 17.0. The minimum atomic E-state index is -0.635. The second kappa shape index (κ2) is 13.5. The maximum atomic E-state index is 13.6. The Hall–Kier alpha value is -2.61. The number of amides is 3. The first-order valence-corrected chi connectivity index (χ1v) is 13.4. The van der Waals surface area contributed by atoms with Crippen LogP contribution in [0.3, 0.4) is 0 Å². The molecule has 1 unspecified atom stereocenters. The van der Waals surface area contributed by atoms with Gasteiger partial charge in [0.25, 0.3) is 5.91 Å². The van der Waals surface area contributed by atoms with E-state index in [1.54, 1.807) is 4.90 Å². The Morgan fingerprint density at radius 3 is 2.51 bits per heavy atom. The number of carbonyl (C=O) groups excluding carboxylic acids is 2. The Labute approximate surface area is 209 Å². The highest BCUT2D eigenvalue weighted by molar-refractivity contribution is 6.07. The third kappa shape index (κ3) is 7.69. The highest BCUT2D eigenvalue weighted by atomic mass is 16.3.